The highest BCUT2D eigenvalue weighted by molar-refractivity contribution is 5.74. The van der Waals surface area contributed by atoms with E-state index in [0.717, 1.165) is 13.0 Å². The molecular formula is C11H18N2O. The average Bonchev–Trinajstić information content (AvgIpc) is 2.18. The summed E-state index contributed by atoms with van der Waals surface area (Å²) in [6.07, 6.45) is 7.38. The maximum atomic E-state index is 11.6. The van der Waals surface area contributed by atoms with Crippen LogP contribution < -0.4 is 5.32 Å². The zero-order chi connectivity index (χ0) is 10.6. The number of terminal acetylenes is 1. The van der Waals surface area contributed by atoms with E-state index in [9.17, 15) is 4.79 Å². The van der Waals surface area contributed by atoms with Gasteiger partial charge in [0.2, 0.25) is 0 Å². The highest BCUT2D eigenvalue weighted by Crippen LogP contribution is 2.20. The number of carbonyl (C=O) groups excluding carboxylic acids is 1. The van der Waals surface area contributed by atoms with E-state index < -0.39 is 0 Å². The van der Waals surface area contributed by atoms with Crippen LogP contribution in [0, 0.1) is 18.3 Å². The van der Waals surface area contributed by atoms with Gasteiger partial charge in [-0.2, -0.15) is 0 Å². The van der Waals surface area contributed by atoms with E-state index in [4.69, 9.17) is 6.42 Å². The van der Waals surface area contributed by atoms with Crippen molar-refractivity contribution >= 4 is 6.03 Å². The van der Waals surface area contributed by atoms with Gasteiger partial charge < -0.3 is 10.2 Å². The summed E-state index contributed by atoms with van der Waals surface area (Å²) in [4.78, 5) is 13.5. The smallest absolute Gasteiger partial charge is 0.318 e. The van der Waals surface area contributed by atoms with Gasteiger partial charge in [-0.1, -0.05) is 12.8 Å². The molecule has 0 saturated carbocycles. The number of hydrogen-bond acceptors (Lipinski definition) is 1. The molecule has 3 nitrogen and oxygen atoms in total. The van der Waals surface area contributed by atoms with E-state index in [1.54, 1.807) is 0 Å². The van der Waals surface area contributed by atoms with Crippen LogP contribution in [0.2, 0.25) is 0 Å². The monoisotopic (exact) mass is 194 g/mol. The molecule has 1 aliphatic rings. The number of rotatable bonds is 1. The van der Waals surface area contributed by atoms with Crippen LogP contribution in [0.5, 0.6) is 0 Å². The Morgan fingerprint density at radius 3 is 2.93 bits per heavy atom. The lowest BCUT2D eigenvalue weighted by Gasteiger charge is -2.36. The molecule has 0 bridgehead atoms. The number of urea groups is 1. The number of nitrogens with zero attached hydrogens (tertiary/aromatic N) is 1. The Labute approximate surface area is 85.9 Å². The number of hydrogen-bond donors (Lipinski definition) is 1. The molecule has 1 rings (SSSR count). The van der Waals surface area contributed by atoms with Gasteiger partial charge in [0, 0.05) is 12.6 Å². The van der Waals surface area contributed by atoms with Crippen LogP contribution in [0.25, 0.3) is 0 Å². The summed E-state index contributed by atoms with van der Waals surface area (Å²) in [7, 11) is 0. The maximum Gasteiger partial charge on any atom is 0.318 e. The van der Waals surface area contributed by atoms with Crippen molar-refractivity contribution in [2.45, 2.75) is 32.7 Å². The first-order valence-corrected chi connectivity index (χ1v) is 5.13. The van der Waals surface area contributed by atoms with Crippen molar-refractivity contribution in [3.63, 3.8) is 0 Å². The van der Waals surface area contributed by atoms with Gasteiger partial charge in [0.1, 0.15) is 0 Å². The third kappa shape index (κ3) is 2.66. The zero-order valence-electron chi connectivity index (χ0n) is 8.92. The summed E-state index contributed by atoms with van der Waals surface area (Å²) >= 11 is 0. The minimum Gasteiger partial charge on any atom is -0.327 e. The van der Waals surface area contributed by atoms with Gasteiger partial charge in [0.25, 0.3) is 0 Å². The third-order valence-corrected chi connectivity index (χ3v) is 2.72. The molecule has 0 aromatic heterocycles. The Balaban J connectivity index is 2.48. The van der Waals surface area contributed by atoms with E-state index >= 15 is 0 Å². The van der Waals surface area contributed by atoms with Crippen LogP contribution in [0.1, 0.15) is 26.7 Å². The average molecular weight is 194 g/mol. The normalized spacial score (nSPS) is 26.8. The summed E-state index contributed by atoms with van der Waals surface area (Å²) in [5.74, 6) is 3.00. The minimum atomic E-state index is -0.0259. The van der Waals surface area contributed by atoms with Crippen molar-refractivity contribution in [2.75, 3.05) is 13.1 Å². The standard InChI is InChI=1S/C11H18N2O/c1-4-7-12-11(14)13-8-9(2)5-6-10(13)3/h1,9-10H,5-8H2,2-3H3,(H,12,14)/t9-,10+/m1/s1. The van der Waals surface area contributed by atoms with Crippen LogP contribution in [-0.4, -0.2) is 30.1 Å². The van der Waals surface area contributed by atoms with E-state index in [1.807, 2.05) is 4.90 Å². The van der Waals surface area contributed by atoms with E-state index in [2.05, 4.69) is 25.1 Å². The van der Waals surface area contributed by atoms with Gasteiger partial charge in [-0.15, -0.1) is 6.42 Å². The summed E-state index contributed by atoms with van der Waals surface area (Å²) in [6, 6.07) is 0.311. The number of carbonyl (C=O) groups is 1. The van der Waals surface area contributed by atoms with Crippen LogP contribution in [0.15, 0.2) is 0 Å². The van der Waals surface area contributed by atoms with E-state index in [-0.39, 0.29) is 6.03 Å². The lowest BCUT2D eigenvalue weighted by atomic mass is 9.95. The van der Waals surface area contributed by atoms with Crippen molar-refractivity contribution in [3.05, 3.63) is 0 Å². The molecule has 1 aliphatic heterocycles. The lowest BCUT2D eigenvalue weighted by Crippen LogP contribution is -2.49. The van der Waals surface area contributed by atoms with Crippen molar-refractivity contribution in [1.82, 2.24) is 10.2 Å². The number of piperidine rings is 1. The second kappa shape index (κ2) is 4.90. The number of amides is 2. The van der Waals surface area contributed by atoms with Crippen molar-refractivity contribution in [1.29, 1.82) is 0 Å². The Bertz CT molecular complexity index is 244. The Hall–Kier alpha value is -1.17. The van der Waals surface area contributed by atoms with Crippen molar-refractivity contribution < 1.29 is 4.79 Å². The molecule has 0 unspecified atom stereocenters. The van der Waals surface area contributed by atoms with Crippen LogP contribution in [0.4, 0.5) is 4.79 Å². The van der Waals surface area contributed by atoms with Crippen LogP contribution in [0.3, 0.4) is 0 Å². The molecule has 1 N–H and O–H groups in total. The highest BCUT2D eigenvalue weighted by atomic mass is 16.2. The topological polar surface area (TPSA) is 32.3 Å². The molecule has 2 amide bonds. The number of nitrogens with one attached hydrogen (secondary N) is 1. The summed E-state index contributed by atoms with van der Waals surface area (Å²) < 4.78 is 0. The quantitative estimate of drug-likeness (QED) is 0.630. The molecule has 1 fully saturated rings. The van der Waals surface area contributed by atoms with Crippen LogP contribution in [-0.2, 0) is 0 Å². The molecule has 0 spiro atoms. The molecule has 3 heteroatoms. The maximum absolute atomic E-state index is 11.6. The number of likely N-dealkylation sites (tertiary alicyclic amines) is 1. The molecule has 0 aromatic rings. The first-order valence-electron chi connectivity index (χ1n) is 5.13. The van der Waals surface area contributed by atoms with Crippen molar-refractivity contribution in [2.24, 2.45) is 5.92 Å². The largest absolute Gasteiger partial charge is 0.327 e. The second-order valence-corrected chi connectivity index (χ2v) is 4.05. The van der Waals surface area contributed by atoms with Crippen molar-refractivity contribution in [3.8, 4) is 12.3 Å². The van der Waals surface area contributed by atoms with Gasteiger partial charge in [0.15, 0.2) is 0 Å². The molecule has 78 valence electrons. The van der Waals surface area contributed by atoms with Gasteiger partial charge in [-0.05, 0) is 25.7 Å². The predicted octanol–water partition coefficient (Wildman–Crippen LogP) is 1.45. The molecule has 14 heavy (non-hydrogen) atoms. The fraction of sp³-hybridized carbons (Fsp3) is 0.727. The molecule has 1 saturated heterocycles. The fourth-order valence-electron chi connectivity index (χ4n) is 1.80. The molecule has 1 heterocycles. The predicted molar refractivity (Wildman–Crippen MR) is 56.8 cm³/mol. The highest BCUT2D eigenvalue weighted by Gasteiger charge is 2.26. The molecular weight excluding hydrogens is 176 g/mol. The summed E-state index contributed by atoms with van der Waals surface area (Å²) in [6.45, 7) is 5.42. The minimum absolute atomic E-state index is 0.0259. The zero-order valence-corrected chi connectivity index (χ0v) is 8.92. The SMILES string of the molecule is C#CCNC(=O)N1C[C@H](C)CC[C@@H]1C. The van der Waals surface area contributed by atoms with Gasteiger partial charge in [-0.25, -0.2) is 4.79 Å². The van der Waals surface area contributed by atoms with Gasteiger partial charge >= 0.3 is 6.03 Å². The Morgan fingerprint density at radius 1 is 1.57 bits per heavy atom. The Morgan fingerprint density at radius 2 is 2.29 bits per heavy atom. The third-order valence-electron chi connectivity index (χ3n) is 2.72. The summed E-state index contributed by atoms with van der Waals surface area (Å²) in [5, 5.41) is 2.70. The van der Waals surface area contributed by atoms with Crippen LogP contribution >= 0.6 is 0 Å². The summed E-state index contributed by atoms with van der Waals surface area (Å²) in [5.41, 5.74) is 0. The molecule has 0 radical (unpaired) electrons. The van der Waals surface area contributed by atoms with Gasteiger partial charge in [0.05, 0.1) is 6.54 Å². The molecule has 2 atom stereocenters. The molecule has 0 aliphatic carbocycles. The van der Waals surface area contributed by atoms with E-state index in [0.29, 0.717) is 18.5 Å². The van der Waals surface area contributed by atoms with E-state index in [1.165, 1.54) is 6.42 Å². The van der Waals surface area contributed by atoms with Gasteiger partial charge in [-0.3, -0.25) is 0 Å². The Kier molecular flexibility index (Phi) is 3.82. The second-order valence-electron chi connectivity index (χ2n) is 4.05. The first kappa shape index (κ1) is 10.9. The fourth-order valence-corrected chi connectivity index (χ4v) is 1.80. The first-order chi connectivity index (χ1) is 6.65. The molecule has 0 aromatic carbocycles. The lowest BCUT2D eigenvalue weighted by molar-refractivity contribution is 0.137.